The van der Waals surface area contributed by atoms with Crippen molar-refractivity contribution in [3.63, 3.8) is 0 Å². The highest BCUT2D eigenvalue weighted by molar-refractivity contribution is 7.15. The van der Waals surface area contributed by atoms with E-state index < -0.39 is 0 Å². The van der Waals surface area contributed by atoms with Gasteiger partial charge in [0.15, 0.2) is 0 Å². The molecular weight excluding hydrogens is 278 g/mol. The van der Waals surface area contributed by atoms with Crippen LogP contribution >= 0.6 is 22.9 Å². The number of hydrogen-bond acceptors (Lipinski definition) is 3. The van der Waals surface area contributed by atoms with Crippen molar-refractivity contribution in [3.05, 3.63) is 39.9 Å². The van der Waals surface area contributed by atoms with E-state index in [2.05, 4.69) is 13.8 Å². The molecule has 1 aliphatic rings. The number of benzene rings is 1. The number of nitrogens with zero attached hydrogens (tertiary/aromatic N) is 1. The van der Waals surface area contributed by atoms with E-state index in [4.69, 9.17) is 16.6 Å². The quantitative estimate of drug-likeness (QED) is 0.841. The van der Waals surface area contributed by atoms with E-state index in [9.17, 15) is 5.11 Å². The summed E-state index contributed by atoms with van der Waals surface area (Å²) in [5.74, 6) is 0. The fourth-order valence-corrected chi connectivity index (χ4v) is 3.81. The smallest absolute Gasteiger partial charge is 0.123 e. The third kappa shape index (κ3) is 2.55. The Labute approximate surface area is 122 Å². The molecule has 2 aromatic rings. The second-order valence-corrected chi connectivity index (χ2v) is 7.36. The molecule has 1 N–H and O–H groups in total. The molecule has 1 unspecified atom stereocenters. The standard InChI is InChI=1S/C15H16ClNOS/c1-15(2)7-11-13(12(18)8-15)19-14(17-11)9-3-5-10(16)6-4-9/h3-6,12,18H,7-8H2,1-2H3. The van der Waals surface area contributed by atoms with Crippen LogP contribution < -0.4 is 0 Å². The van der Waals surface area contributed by atoms with Gasteiger partial charge in [0.1, 0.15) is 5.01 Å². The number of hydrogen-bond donors (Lipinski definition) is 1. The lowest BCUT2D eigenvalue weighted by atomic mass is 9.77. The number of aliphatic hydroxyl groups is 1. The minimum atomic E-state index is -0.377. The molecule has 4 heteroatoms. The van der Waals surface area contributed by atoms with Gasteiger partial charge >= 0.3 is 0 Å². The van der Waals surface area contributed by atoms with Gasteiger partial charge in [-0.3, -0.25) is 0 Å². The number of aliphatic hydroxyl groups excluding tert-OH is 1. The van der Waals surface area contributed by atoms with Gasteiger partial charge in [-0.1, -0.05) is 37.6 Å². The number of aromatic nitrogens is 1. The highest BCUT2D eigenvalue weighted by Gasteiger charge is 2.34. The Balaban J connectivity index is 2.01. The third-order valence-electron chi connectivity index (χ3n) is 3.51. The van der Waals surface area contributed by atoms with Crippen LogP contribution in [0.3, 0.4) is 0 Å². The predicted octanol–water partition coefficient (Wildman–Crippen LogP) is 4.47. The predicted molar refractivity (Wildman–Crippen MR) is 79.6 cm³/mol. The first-order chi connectivity index (χ1) is 8.94. The number of fused-ring (bicyclic) bond motifs is 1. The zero-order chi connectivity index (χ0) is 13.6. The average Bonchev–Trinajstić information content (AvgIpc) is 2.72. The molecule has 2 nitrogen and oxygen atoms in total. The monoisotopic (exact) mass is 293 g/mol. The molecule has 3 rings (SSSR count). The first-order valence-corrected chi connectivity index (χ1v) is 7.58. The van der Waals surface area contributed by atoms with Gasteiger partial charge in [-0.05, 0) is 30.4 Å². The Morgan fingerprint density at radius 2 is 2.00 bits per heavy atom. The van der Waals surface area contributed by atoms with Crippen LogP contribution in [0.2, 0.25) is 5.02 Å². The van der Waals surface area contributed by atoms with Crippen LogP contribution in [0.5, 0.6) is 0 Å². The lowest BCUT2D eigenvalue weighted by Gasteiger charge is -2.31. The average molecular weight is 294 g/mol. The Morgan fingerprint density at radius 3 is 2.68 bits per heavy atom. The first-order valence-electron chi connectivity index (χ1n) is 6.38. The molecule has 0 bridgehead atoms. The molecular formula is C15H16ClNOS. The summed E-state index contributed by atoms with van der Waals surface area (Å²) < 4.78 is 0. The van der Waals surface area contributed by atoms with E-state index in [0.29, 0.717) is 0 Å². The third-order valence-corrected chi connectivity index (χ3v) is 5.01. The highest BCUT2D eigenvalue weighted by atomic mass is 35.5. The van der Waals surface area contributed by atoms with Gasteiger partial charge in [0, 0.05) is 10.6 Å². The summed E-state index contributed by atoms with van der Waals surface area (Å²) >= 11 is 7.50. The van der Waals surface area contributed by atoms with E-state index in [-0.39, 0.29) is 11.5 Å². The van der Waals surface area contributed by atoms with E-state index in [1.54, 1.807) is 11.3 Å². The largest absolute Gasteiger partial charge is 0.387 e. The van der Waals surface area contributed by atoms with Crippen LogP contribution in [0, 0.1) is 5.41 Å². The van der Waals surface area contributed by atoms with Crippen LogP contribution in [0.25, 0.3) is 10.6 Å². The maximum atomic E-state index is 10.3. The molecule has 0 radical (unpaired) electrons. The molecule has 1 heterocycles. The number of thiazole rings is 1. The van der Waals surface area contributed by atoms with Gasteiger partial charge in [0.05, 0.1) is 16.7 Å². The van der Waals surface area contributed by atoms with Crippen molar-refractivity contribution >= 4 is 22.9 Å². The van der Waals surface area contributed by atoms with Crippen LogP contribution in [0.1, 0.15) is 36.9 Å². The van der Waals surface area contributed by atoms with Crippen molar-refractivity contribution in [2.75, 3.05) is 0 Å². The van der Waals surface area contributed by atoms with Crippen LogP contribution in [0.15, 0.2) is 24.3 Å². The van der Waals surface area contributed by atoms with Gasteiger partial charge in [0.25, 0.3) is 0 Å². The van der Waals surface area contributed by atoms with Gasteiger partial charge in [0.2, 0.25) is 0 Å². The molecule has 0 amide bonds. The number of halogens is 1. The molecule has 0 saturated carbocycles. The van der Waals surface area contributed by atoms with E-state index in [1.807, 2.05) is 24.3 Å². The van der Waals surface area contributed by atoms with Crippen molar-refractivity contribution in [1.82, 2.24) is 4.98 Å². The van der Waals surface area contributed by atoms with Gasteiger partial charge in [-0.15, -0.1) is 11.3 Å². The minimum Gasteiger partial charge on any atom is -0.387 e. The summed E-state index contributed by atoms with van der Waals surface area (Å²) in [4.78, 5) is 5.74. The summed E-state index contributed by atoms with van der Waals surface area (Å²) in [6, 6.07) is 7.70. The second-order valence-electron chi connectivity index (χ2n) is 5.90. The Hall–Kier alpha value is -0.900. The van der Waals surface area contributed by atoms with Crippen LogP contribution in [-0.4, -0.2) is 10.1 Å². The summed E-state index contributed by atoms with van der Waals surface area (Å²) in [5, 5.41) is 11.9. The van der Waals surface area contributed by atoms with Crippen LogP contribution in [0.4, 0.5) is 0 Å². The molecule has 1 atom stereocenters. The molecule has 0 fully saturated rings. The van der Waals surface area contributed by atoms with Gasteiger partial charge in [-0.2, -0.15) is 0 Å². The second kappa shape index (κ2) is 4.58. The molecule has 0 aliphatic heterocycles. The summed E-state index contributed by atoms with van der Waals surface area (Å²) in [7, 11) is 0. The van der Waals surface area contributed by atoms with Crippen molar-refractivity contribution in [1.29, 1.82) is 0 Å². The van der Waals surface area contributed by atoms with Crippen molar-refractivity contribution < 1.29 is 5.11 Å². The molecule has 0 spiro atoms. The van der Waals surface area contributed by atoms with Crippen molar-refractivity contribution in [2.24, 2.45) is 5.41 Å². The summed E-state index contributed by atoms with van der Waals surface area (Å²) in [6.45, 7) is 4.36. The van der Waals surface area contributed by atoms with Crippen molar-refractivity contribution in [3.8, 4) is 10.6 Å². The molecule has 1 aliphatic carbocycles. The molecule has 100 valence electrons. The zero-order valence-electron chi connectivity index (χ0n) is 11.0. The Morgan fingerprint density at radius 1 is 1.32 bits per heavy atom. The highest BCUT2D eigenvalue weighted by Crippen LogP contribution is 2.44. The maximum Gasteiger partial charge on any atom is 0.123 e. The topological polar surface area (TPSA) is 33.1 Å². The molecule has 19 heavy (non-hydrogen) atoms. The van der Waals surface area contributed by atoms with E-state index >= 15 is 0 Å². The van der Waals surface area contributed by atoms with E-state index in [1.165, 1.54) is 0 Å². The number of rotatable bonds is 1. The zero-order valence-corrected chi connectivity index (χ0v) is 12.6. The fraction of sp³-hybridized carbons (Fsp3) is 0.400. The van der Waals surface area contributed by atoms with E-state index in [0.717, 1.165) is 39.0 Å². The molecule has 1 aromatic carbocycles. The minimum absolute atomic E-state index is 0.123. The van der Waals surface area contributed by atoms with Crippen LogP contribution in [-0.2, 0) is 6.42 Å². The molecule has 1 aromatic heterocycles. The Bertz CT molecular complexity index is 603. The lowest BCUT2D eigenvalue weighted by molar-refractivity contribution is 0.102. The normalized spacial score (nSPS) is 21.2. The first kappa shape index (κ1) is 13.1. The van der Waals surface area contributed by atoms with Crippen molar-refractivity contribution in [2.45, 2.75) is 32.8 Å². The van der Waals surface area contributed by atoms with Gasteiger partial charge in [-0.25, -0.2) is 4.98 Å². The SMILES string of the molecule is CC1(C)Cc2nc(-c3ccc(Cl)cc3)sc2C(O)C1. The lowest BCUT2D eigenvalue weighted by Crippen LogP contribution is -2.24. The van der Waals surface area contributed by atoms with Gasteiger partial charge < -0.3 is 5.11 Å². The Kier molecular flexibility index (Phi) is 3.16. The summed E-state index contributed by atoms with van der Waals surface area (Å²) in [5.41, 5.74) is 2.24. The summed E-state index contributed by atoms with van der Waals surface area (Å²) in [6.07, 6.45) is 1.36. The maximum absolute atomic E-state index is 10.3. The molecule has 0 saturated heterocycles. The fourth-order valence-electron chi connectivity index (χ4n) is 2.61.